The Morgan fingerprint density at radius 1 is 0.793 bits per heavy atom. The van der Waals surface area contributed by atoms with E-state index in [0.717, 1.165) is 0 Å². The number of carbonyl (C=O) groups is 2. The van der Waals surface area contributed by atoms with Gasteiger partial charge in [0.1, 0.15) is 10.8 Å². The first-order chi connectivity index (χ1) is 12.5. The summed E-state index contributed by atoms with van der Waals surface area (Å²) < 4.78 is 6.29. The Bertz CT molecular complexity index is 624. The molecule has 0 saturated carbocycles. The van der Waals surface area contributed by atoms with Crippen LogP contribution in [0.2, 0.25) is 18.1 Å². The van der Waals surface area contributed by atoms with Gasteiger partial charge in [-0.1, -0.05) is 32.9 Å². The van der Waals surface area contributed by atoms with Gasteiger partial charge in [-0.3, -0.25) is 9.59 Å². The maximum absolute atomic E-state index is 11.5. The highest BCUT2D eigenvalue weighted by atomic mass is 28.4. The van der Waals surface area contributed by atoms with Crippen molar-refractivity contribution in [2.75, 3.05) is 0 Å². The maximum Gasteiger partial charge on any atom is 0.316 e. The SMILES string of the molecule is C=CC(C)(C(=O)O)C(C)(C)O.C=CC(C)(C(=O)O)C(C)(C)O[Si](C)(C)C(C)(C)C. The first-order valence-electron chi connectivity index (χ1n) is 9.63. The van der Waals surface area contributed by atoms with Gasteiger partial charge in [-0.05, 0) is 59.7 Å². The van der Waals surface area contributed by atoms with Crippen LogP contribution in [0.3, 0.4) is 0 Å². The molecular formula is C22H42O6Si. The Kier molecular flexibility index (Phi) is 9.38. The van der Waals surface area contributed by atoms with Gasteiger partial charge in [0.05, 0.1) is 11.2 Å². The molecule has 6 nitrogen and oxygen atoms in total. The van der Waals surface area contributed by atoms with E-state index in [0.29, 0.717) is 0 Å². The Hall–Kier alpha value is -1.44. The smallest absolute Gasteiger partial charge is 0.316 e. The summed E-state index contributed by atoms with van der Waals surface area (Å²) >= 11 is 0. The number of hydrogen-bond acceptors (Lipinski definition) is 4. The van der Waals surface area contributed by atoms with Crippen LogP contribution >= 0.6 is 0 Å². The third-order valence-electron chi connectivity index (χ3n) is 6.54. The highest BCUT2D eigenvalue weighted by Gasteiger charge is 2.51. The Balaban J connectivity index is 0. The Labute approximate surface area is 177 Å². The highest BCUT2D eigenvalue weighted by Crippen LogP contribution is 2.44. The molecule has 0 radical (unpaired) electrons. The monoisotopic (exact) mass is 430 g/mol. The maximum atomic E-state index is 11.5. The average Bonchev–Trinajstić information content (AvgIpc) is 2.49. The van der Waals surface area contributed by atoms with Crippen LogP contribution in [-0.4, -0.2) is 46.8 Å². The molecule has 2 unspecified atom stereocenters. The molecule has 0 saturated heterocycles. The molecule has 170 valence electrons. The van der Waals surface area contributed by atoms with Crippen LogP contribution in [-0.2, 0) is 14.0 Å². The molecule has 0 aliphatic heterocycles. The fourth-order valence-electron chi connectivity index (χ4n) is 2.09. The second-order valence-corrected chi connectivity index (χ2v) is 15.1. The second-order valence-electron chi connectivity index (χ2n) is 10.4. The van der Waals surface area contributed by atoms with Gasteiger partial charge in [0.2, 0.25) is 0 Å². The number of aliphatic carboxylic acids is 2. The molecule has 7 heteroatoms. The summed E-state index contributed by atoms with van der Waals surface area (Å²) in [7, 11) is -2.02. The fraction of sp³-hybridized carbons (Fsp3) is 0.727. The minimum atomic E-state index is -2.02. The third-order valence-corrected chi connectivity index (χ3v) is 11.2. The molecule has 29 heavy (non-hydrogen) atoms. The van der Waals surface area contributed by atoms with Crippen molar-refractivity contribution in [2.24, 2.45) is 10.8 Å². The van der Waals surface area contributed by atoms with E-state index in [9.17, 15) is 19.8 Å². The summed E-state index contributed by atoms with van der Waals surface area (Å²) in [4.78, 5) is 22.2. The van der Waals surface area contributed by atoms with Crippen molar-refractivity contribution in [3.05, 3.63) is 25.3 Å². The van der Waals surface area contributed by atoms with E-state index >= 15 is 0 Å². The van der Waals surface area contributed by atoms with E-state index in [1.807, 2.05) is 13.8 Å². The molecule has 0 aliphatic carbocycles. The lowest BCUT2D eigenvalue weighted by Crippen LogP contribution is -2.56. The normalized spacial score (nSPS) is 17.1. The molecule has 2 atom stereocenters. The number of carboxylic acids is 2. The number of carboxylic acid groups (broad SMARTS) is 2. The molecule has 0 aromatic rings. The minimum absolute atomic E-state index is 0.0465. The lowest BCUT2D eigenvalue weighted by Gasteiger charge is -2.48. The van der Waals surface area contributed by atoms with Crippen molar-refractivity contribution in [1.29, 1.82) is 0 Å². The first-order valence-corrected chi connectivity index (χ1v) is 12.5. The van der Waals surface area contributed by atoms with E-state index < -0.39 is 42.3 Å². The number of aliphatic hydroxyl groups is 1. The molecular weight excluding hydrogens is 388 g/mol. The molecule has 0 spiro atoms. The zero-order valence-electron chi connectivity index (χ0n) is 20.1. The zero-order chi connectivity index (χ0) is 24.3. The highest BCUT2D eigenvalue weighted by molar-refractivity contribution is 6.74. The van der Waals surface area contributed by atoms with Gasteiger partial charge >= 0.3 is 11.9 Å². The molecule has 0 rings (SSSR count). The zero-order valence-corrected chi connectivity index (χ0v) is 21.1. The summed E-state index contributed by atoms with van der Waals surface area (Å²) in [6.07, 6.45) is 2.72. The molecule has 0 bridgehead atoms. The van der Waals surface area contributed by atoms with E-state index in [4.69, 9.17) is 9.53 Å². The van der Waals surface area contributed by atoms with Crippen LogP contribution in [0.25, 0.3) is 0 Å². The van der Waals surface area contributed by atoms with Crippen molar-refractivity contribution in [2.45, 2.75) is 91.6 Å². The average molecular weight is 431 g/mol. The predicted octanol–water partition coefficient (Wildman–Crippen LogP) is 5.10. The topological polar surface area (TPSA) is 104 Å². The van der Waals surface area contributed by atoms with Gasteiger partial charge in [0.25, 0.3) is 0 Å². The van der Waals surface area contributed by atoms with Crippen molar-refractivity contribution < 1.29 is 29.3 Å². The fourth-order valence-corrected chi connectivity index (χ4v) is 3.88. The van der Waals surface area contributed by atoms with E-state index in [1.165, 1.54) is 32.9 Å². The second kappa shape index (κ2) is 9.14. The van der Waals surface area contributed by atoms with Gasteiger partial charge in [-0.25, -0.2) is 0 Å². The number of hydrogen-bond donors (Lipinski definition) is 3. The quantitative estimate of drug-likeness (QED) is 0.366. The van der Waals surface area contributed by atoms with Crippen LogP contribution in [0.4, 0.5) is 0 Å². The number of rotatable bonds is 8. The Morgan fingerprint density at radius 2 is 1.10 bits per heavy atom. The van der Waals surface area contributed by atoms with Gasteiger partial charge in [-0.15, -0.1) is 13.2 Å². The van der Waals surface area contributed by atoms with E-state index in [-0.39, 0.29) is 5.04 Å². The largest absolute Gasteiger partial charge is 0.481 e. The van der Waals surface area contributed by atoms with Crippen LogP contribution in [0.5, 0.6) is 0 Å². The van der Waals surface area contributed by atoms with Crippen LogP contribution in [0.15, 0.2) is 25.3 Å². The van der Waals surface area contributed by atoms with Crippen molar-refractivity contribution in [1.82, 2.24) is 0 Å². The molecule has 0 aromatic carbocycles. The standard InChI is InChI=1S/C14H28O3Si.C8H14O3/c1-10-14(7,11(15)16)13(5,6)17-18(8,9)12(2,3)4;1-5-8(4,6(9)10)7(2,3)11/h10H,1H2,2-9H3,(H,15,16);5,11H,1H2,2-4H3,(H,9,10). The lowest BCUT2D eigenvalue weighted by molar-refractivity contribution is -0.157. The lowest BCUT2D eigenvalue weighted by atomic mass is 9.76. The van der Waals surface area contributed by atoms with Crippen LogP contribution in [0.1, 0.15) is 62.3 Å². The van der Waals surface area contributed by atoms with Gasteiger partial charge < -0.3 is 19.7 Å². The van der Waals surface area contributed by atoms with E-state index in [1.54, 1.807) is 6.92 Å². The molecule has 0 heterocycles. The molecule has 3 N–H and O–H groups in total. The van der Waals surface area contributed by atoms with Crippen LogP contribution in [0, 0.1) is 10.8 Å². The minimum Gasteiger partial charge on any atom is -0.481 e. The van der Waals surface area contributed by atoms with E-state index in [2.05, 4.69) is 47.0 Å². The Morgan fingerprint density at radius 3 is 1.24 bits per heavy atom. The summed E-state index contributed by atoms with van der Waals surface area (Å²) in [5.74, 6) is -1.97. The van der Waals surface area contributed by atoms with Crippen molar-refractivity contribution >= 4 is 20.3 Å². The summed E-state index contributed by atoms with van der Waals surface area (Å²) in [6, 6.07) is 0. The molecule has 0 amide bonds. The third kappa shape index (κ3) is 6.52. The van der Waals surface area contributed by atoms with Gasteiger partial charge in [0.15, 0.2) is 8.32 Å². The van der Waals surface area contributed by atoms with Crippen molar-refractivity contribution in [3.8, 4) is 0 Å². The first kappa shape index (κ1) is 29.8. The summed E-state index contributed by atoms with van der Waals surface area (Å²) in [5.41, 5.74) is -4.46. The van der Waals surface area contributed by atoms with Gasteiger partial charge in [0, 0.05) is 0 Å². The van der Waals surface area contributed by atoms with Crippen molar-refractivity contribution in [3.63, 3.8) is 0 Å². The molecule has 0 aliphatic rings. The van der Waals surface area contributed by atoms with Gasteiger partial charge in [-0.2, -0.15) is 0 Å². The van der Waals surface area contributed by atoms with Crippen LogP contribution < -0.4 is 0 Å². The summed E-state index contributed by atoms with van der Waals surface area (Å²) in [6.45, 7) is 27.4. The predicted molar refractivity (Wildman–Crippen MR) is 121 cm³/mol. The molecule has 0 aromatic heterocycles. The summed E-state index contributed by atoms with van der Waals surface area (Å²) in [5, 5.41) is 27.7. The molecule has 0 fully saturated rings.